The van der Waals surface area contributed by atoms with E-state index in [9.17, 15) is 23.1 Å². The lowest BCUT2D eigenvalue weighted by atomic mass is 10.1. The lowest BCUT2D eigenvalue weighted by molar-refractivity contribution is 0.0951. The SMILES string of the molecule is Cc1nc(Oc2ccc(S(=O)(=O)c3ccc(O)cc3)cc2)nc2c1ccc(=O)n2-c1ccc(C(=O)NC2CC2)cc1. The number of amides is 1. The van der Waals surface area contributed by atoms with Crippen LogP contribution in [0.25, 0.3) is 16.7 Å². The van der Waals surface area contributed by atoms with Crippen molar-refractivity contribution in [3.8, 4) is 23.2 Å². The van der Waals surface area contributed by atoms with Gasteiger partial charge >= 0.3 is 6.01 Å². The average molecular weight is 569 g/mol. The minimum Gasteiger partial charge on any atom is -0.508 e. The Balaban J connectivity index is 1.30. The van der Waals surface area contributed by atoms with E-state index in [0.29, 0.717) is 33.7 Å². The molecular weight excluding hydrogens is 544 g/mol. The third kappa shape index (κ3) is 5.27. The van der Waals surface area contributed by atoms with Crippen LogP contribution in [0.5, 0.6) is 17.5 Å². The van der Waals surface area contributed by atoms with Gasteiger partial charge < -0.3 is 15.2 Å². The maximum absolute atomic E-state index is 13.0. The molecule has 0 bridgehead atoms. The summed E-state index contributed by atoms with van der Waals surface area (Å²) >= 11 is 0. The van der Waals surface area contributed by atoms with Crippen molar-refractivity contribution >= 4 is 26.8 Å². The molecule has 1 amide bonds. The summed E-state index contributed by atoms with van der Waals surface area (Å²) < 4.78 is 33.1. The van der Waals surface area contributed by atoms with Crippen molar-refractivity contribution in [2.24, 2.45) is 0 Å². The number of hydrogen-bond donors (Lipinski definition) is 2. The Morgan fingerprint density at radius 2 is 1.54 bits per heavy atom. The number of rotatable bonds is 7. The van der Waals surface area contributed by atoms with Crippen LogP contribution < -0.4 is 15.6 Å². The number of hydrogen-bond acceptors (Lipinski definition) is 8. The summed E-state index contributed by atoms with van der Waals surface area (Å²) in [6.07, 6.45) is 1.98. The van der Waals surface area contributed by atoms with Crippen molar-refractivity contribution < 1.29 is 23.1 Å². The fourth-order valence-electron chi connectivity index (χ4n) is 4.35. The summed E-state index contributed by atoms with van der Waals surface area (Å²) in [6, 6.07) is 21.1. The summed E-state index contributed by atoms with van der Waals surface area (Å²) in [7, 11) is -3.79. The van der Waals surface area contributed by atoms with Gasteiger partial charge in [0.1, 0.15) is 11.5 Å². The third-order valence-corrected chi connectivity index (χ3v) is 8.50. The van der Waals surface area contributed by atoms with Crippen molar-refractivity contribution in [1.82, 2.24) is 19.9 Å². The van der Waals surface area contributed by atoms with E-state index in [-0.39, 0.29) is 39.1 Å². The largest absolute Gasteiger partial charge is 0.508 e. The average Bonchev–Trinajstić information content (AvgIpc) is 3.78. The number of sulfone groups is 1. The van der Waals surface area contributed by atoms with Crippen LogP contribution in [0, 0.1) is 6.92 Å². The first-order valence-corrected chi connectivity index (χ1v) is 14.3. The van der Waals surface area contributed by atoms with Crippen LogP contribution in [0.1, 0.15) is 28.9 Å². The van der Waals surface area contributed by atoms with Gasteiger partial charge in [0.05, 0.1) is 21.2 Å². The number of nitrogens with one attached hydrogen (secondary N) is 1. The highest BCUT2D eigenvalue weighted by Crippen LogP contribution is 2.27. The molecule has 11 heteroatoms. The quantitative estimate of drug-likeness (QED) is 0.296. The fourth-order valence-corrected chi connectivity index (χ4v) is 5.61. The van der Waals surface area contributed by atoms with Gasteiger partial charge in [-0.3, -0.25) is 14.2 Å². The molecular formula is C30H24N4O6S. The topological polar surface area (TPSA) is 140 Å². The van der Waals surface area contributed by atoms with Gasteiger partial charge in [0, 0.05) is 23.1 Å². The molecule has 2 heterocycles. The number of nitrogens with zero attached hydrogens (tertiary/aromatic N) is 3. The first-order valence-electron chi connectivity index (χ1n) is 12.8. The van der Waals surface area contributed by atoms with E-state index in [4.69, 9.17) is 4.74 Å². The molecule has 5 aromatic rings. The molecule has 0 aliphatic heterocycles. The molecule has 3 aromatic carbocycles. The Bertz CT molecular complexity index is 1950. The number of benzene rings is 3. The molecule has 206 valence electrons. The lowest BCUT2D eigenvalue weighted by Gasteiger charge is -2.13. The molecule has 10 nitrogen and oxygen atoms in total. The normalized spacial score (nSPS) is 13.2. The van der Waals surface area contributed by atoms with Crippen molar-refractivity contribution in [2.75, 3.05) is 0 Å². The van der Waals surface area contributed by atoms with Crippen LogP contribution in [0.4, 0.5) is 0 Å². The highest BCUT2D eigenvalue weighted by molar-refractivity contribution is 7.91. The molecule has 0 saturated heterocycles. The predicted octanol–water partition coefficient (Wildman–Crippen LogP) is 4.31. The molecule has 1 saturated carbocycles. The molecule has 1 fully saturated rings. The maximum atomic E-state index is 13.0. The fraction of sp³-hybridized carbons (Fsp3) is 0.133. The second kappa shape index (κ2) is 10.2. The zero-order chi connectivity index (χ0) is 28.7. The van der Waals surface area contributed by atoms with Crippen molar-refractivity contribution in [1.29, 1.82) is 0 Å². The van der Waals surface area contributed by atoms with E-state index >= 15 is 0 Å². The van der Waals surface area contributed by atoms with E-state index in [0.717, 1.165) is 12.8 Å². The molecule has 1 aliphatic carbocycles. The summed E-state index contributed by atoms with van der Waals surface area (Å²) in [4.78, 5) is 34.4. The summed E-state index contributed by atoms with van der Waals surface area (Å²) in [5, 5.41) is 13.0. The van der Waals surface area contributed by atoms with Gasteiger partial charge in [0.2, 0.25) is 9.84 Å². The second-order valence-corrected chi connectivity index (χ2v) is 11.7. The number of ether oxygens (including phenoxy) is 1. The minimum absolute atomic E-state index is 0.0241. The van der Waals surface area contributed by atoms with Crippen molar-refractivity contribution in [3.63, 3.8) is 0 Å². The number of pyridine rings is 1. The summed E-state index contributed by atoms with van der Waals surface area (Å²) in [5.74, 6) is 0.112. The summed E-state index contributed by atoms with van der Waals surface area (Å²) in [5.41, 5.74) is 1.60. The third-order valence-electron chi connectivity index (χ3n) is 6.71. The van der Waals surface area contributed by atoms with Gasteiger partial charge in [0.25, 0.3) is 11.5 Å². The zero-order valence-electron chi connectivity index (χ0n) is 21.8. The van der Waals surface area contributed by atoms with E-state index < -0.39 is 9.84 Å². The van der Waals surface area contributed by atoms with E-state index in [1.807, 2.05) is 0 Å². The molecule has 2 aromatic heterocycles. The number of aromatic nitrogens is 3. The number of carbonyl (C=O) groups is 1. The molecule has 2 N–H and O–H groups in total. The molecule has 0 unspecified atom stereocenters. The molecule has 0 atom stereocenters. The predicted molar refractivity (Wildman–Crippen MR) is 150 cm³/mol. The Kier molecular flexibility index (Phi) is 6.50. The highest BCUT2D eigenvalue weighted by Gasteiger charge is 2.24. The van der Waals surface area contributed by atoms with Gasteiger partial charge in [0.15, 0.2) is 5.65 Å². The monoisotopic (exact) mass is 568 g/mol. The number of phenolic OH excluding ortho intramolecular Hbond substituents is 1. The molecule has 6 rings (SSSR count). The Morgan fingerprint density at radius 3 is 2.17 bits per heavy atom. The van der Waals surface area contributed by atoms with Gasteiger partial charge in [-0.2, -0.15) is 9.97 Å². The smallest absolute Gasteiger partial charge is 0.324 e. The molecule has 41 heavy (non-hydrogen) atoms. The van der Waals surface area contributed by atoms with Crippen LogP contribution in [-0.2, 0) is 9.84 Å². The van der Waals surface area contributed by atoms with Crippen LogP contribution >= 0.6 is 0 Å². The van der Waals surface area contributed by atoms with Crippen LogP contribution in [0.3, 0.4) is 0 Å². The Labute approximate surface area is 234 Å². The van der Waals surface area contributed by atoms with Gasteiger partial charge in [-0.05, 0) is 98.6 Å². The second-order valence-electron chi connectivity index (χ2n) is 9.70. The Hall–Kier alpha value is -5.03. The lowest BCUT2D eigenvalue weighted by Crippen LogP contribution is -2.25. The molecule has 1 aliphatic rings. The van der Waals surface area contributed by atoms with Crippen LogP contribution in [0.2, 0.25) is 0 Å². The summed E-state index contributed by atoms with van der Waals surface area (Å²) in [6.45, 7) is 1.77. The number of aryl methyl sites for hydroxylation is 1. The maximum Gasteiger partial charge on any atom is 0.324 e. The van der Waals surface area contributed by atoms with E-state index in [2.05, 4.69) is 15.3 Å². The van der Waals surface area contributed by atoms with Crippen LogP contribution in [0.15, 0.2) is 99.5 Å². The van der Waals surface area contributed by atoms with Gasteiger partial charge in [-0.15, -0.1) is 0 Å². The standard InChI is InChI=1S/C30H24N4O6S/c1-18-26-16-17-27(36)34(21-6-2-19(3-7-21)29(37)32-20-4-5-20)28(26)33-30(31-18)40-23-10-14-25(15-11-23)41(38,39)24-12-8-22(35)9-13-24/h2-3,6-17,20,35H,4-5H2,1H3,(H,32,37). The van der Waals surface area contributed by atoms with Gasteiger partial charge in [-0.25, -0.2) is 8.42 Å². The first kappa shape index (κ1) is 26.2. The van der Waals surface area contributed by atoms with Crippen molar-refractivity contribution in [2.45, 2.75) is 35.6 Å². The Morgan fingerprint density at radius 1 is 0.902 bits per heavy atom. The van der Waals surface area contributed by atoms with E-state index in [1.165, 1.54) is 59.2 Å². The number of fused-ring (bicyclic) bond motifs is 1. The van der Waals surface area contributed by atoms with Gasteiger partial charge in [-0.1, -0.05) is 0 Å². The first-order chi connectivity index (χ1) is 19.7. The number of phenols is 1. The van der Waals surface area contributed by atoms with Crippen LogP contribution in [-0.4, -0.2) is 40.0 Å². The zero-order valence-corrected chi connectivity index (χ0v) is 22.6. The molecule has 0 radical (unpaired) electrons. The molecule has 0 spiro atoms. The highest BCUT2D eigenvalue weighted by atomic mass is 32.2. The van der Waals surface area contributed by atoms with E-state index in [1.54, 1.807) is 37.3 Å². The number of carbonyl (C=O) groups excluding carboxylic acids is 1. The number of aromatic hydroxyl groups is 1. The van der Waals surface area contributed by atoms with Crippen molar-refractivity contribution in [3.05, 3.63) is 107 Å². The minimum atomic E-state index is -3.79.